The normalized spacial score (nSPS) is 11.9. The van der Waals surface area contributed by atoms with Gasteiger partial charge >= 0.3 is 5.97 Å². The summed E-state index contributed by atoms with van der Waals surface area (Å²) >= 11 is 0. The van der Waals surface area contributed by atoms with E-state index in [4.69, 9.17) is 5.11 Å². The van der Waals surface area contributed by atoms with Gasteiger partial charge in [0.25, 0.3) is 0 Å². The van der Waals surface area contributed by atoms with Gasteiger partial charge in [-0.1, -0.05) is 31.2 Å². The molecule has 104 valence electrons. The Bertz CT molecular complexity index is 429. The zero-order valence-electron chi connectivity index (χ0n) is 11.3. The van der Waals surface area contributed by atoms with Gasteiger partial charge in [-0.15, -0.1) is 0 Å². The molecule has 5 heteroatoms. The van der Waals surface area contributed by atoms with Gasteiger partial charge in [0, 0.05) is 6.54 Å². The first kappa shape index (κ1) is 15.2. The highest BCUT2D eigenvalue weighted by molar-refractivity contribution is 6.01. The summed E-state index contributed by atoms with van der Waals surface area (Å²) in [4.78, 5) is 22.3. The maximum Gasteiger partial charge on any atom is 0.330 e. The van der Waals surface area contributed by atoms with Crippen LogP contribution in [0.5, 0.6) is 0 Å². The van der Waals surface area contributed by atoms with Crippen LogP contribution in [0.1, 0.15) is 18.1 Å². The van der Waals surface area contributed by atoms with E-state index >= 15 is 0 Å². The number of carbonyl (C=O) groups is 2. The van der Waals surface area contributed by atoms with E-state index in [0.29, 0.717) is 13.0 Å². The number of carboxylic acid groups (broad SMARTS) is 1. The summed E-state index contributed by atoms with van der Waals surface area (Å²) in [6.07, 6.45) is 1.69. The van der Waals surface area contributed by atoms with E-state index in [-0.39, 0.29) is 0 Å². The van der Waals surface area contributed by atoms with Crippen molar-refractivity contribution in [1.29, 1.82) is 0 Å². The van der Waals surface area contributed by atoms with Gasteiger partial charge in [-0.05, 0) is 31.0 Å². The summed E-state index contributed by atoms with van der Waals surface area (Å²) in [6, 6.07) is 6.98. The molecule has 0 saturated carbocycles. The molecule has 0 heterocycles. The molecule has 5 nitrogen and oxygen atoms in total. The number of amides is 1. The van der Waals surface area contributed by atoms with Crippen LogP contribution in [0.25, 0.3) is 0 Å². The van der Waals surface area contributed by atoms with Crippen LogP contribution >= 0.6 is 0 Å². The predicted octanol–water partition coefficient (Wildman–Crippen LogP) is 0.580. The van der Waals surface area contributed by atoms with Crippen LogP contribution in [-0.2, 0) is 22.4 Å². The second-order valence-electron chi connectivity index (χ2n) is 4.27. The molecule has 0 aliphatic heterocycles. The number of carboxylic acids is 1. The topological polar surface area (TPSA) is 78.4 Å². The molecule has 1 rings (SSSR count). The standard InChI is InChI=1S/C14H20N2O3/c1-3-10-4-6-11(7-5-10)8-9-16-13(17)12(15-2)14(18)19/h4-7,12,15H,3,8-9H2,1-2H3,(H,16,17)(H,18,19). The predicted molar refractivity (Wildman–Crippen MR) is 73.0 cm³/mol. The fourth-order valence-electron chi connectivity index (χ4n) is 1.74. The highest BCUT2D eigenvalue weighted by Crippen LogP contribution is 2.05. The third kappa shape index (κ3) is 4.71. The second kappa shape index (κ2) is 7.53. The van der Waals surface area contributed by atoms with E-state index in [1.165, 1.54) is 12.6 Å². The summed E-state index contributed by atoms with van der Waals surface area (Å²) in [5.74, 6) is -1.69. The lowest BCUT2D eigenvalue weighted by atomic mass is 10.1. The minimum atomic E-state index is -1.19. The van der Waals surface area contributed by atoms with Gasteiger partial charge in [0.05, 0.1) is 0 Å². The Kier molecular flexibility index (Phi) is 6.02. The SMILES string of the molecule is CCc1ccc(CCNC(=O)C(NC)C(=O)O)cc1. The first-order valence-electron chi connectivity index (χ1n) is 6.34. The third-order valence-corrected chi connectivity index (χ3v) is 2.94. The number of hydrogen-bond donors (Lipinski definition) is 3. The molecule has 0 radical (unpaired) electrons. The summed E-state index contributed by atoms with van der Waals surface area (Å²) in [7, 11) is 1.45. The molecule has 1 amide bonds. The molecule has 19 heavy (non-hydrogen) atoms. The lowest BCUT2D eigenvalue weighted by molar-refractivity contribution is -0.143. The van der Waals surface area contributed by atoms with E-state index < -0.39 is 17.9 Å². The number of benzene rings is 1. The fourth-order valence-corrected chi connectivity index (χ4v) is 1.74. The lowest BCUT2D eigenvalue weighted by Crippen LogP contribution is -2.48. The van der Waals surface area contributed by atoms with Gasteiger partial charge in [0.1, 0.15) is 0 Å². The van der Waals surface area contributed by atoms with Gasteiger partial charge in [0.2, 0.25) is 5.91 Å². The summed E-state index contributed by atoms with van der Waals surface area (Å²) in [5, 5.41) is 13.9. The van der Waals surface area contributed by atoms with Gasteiger partial charge in [-0.3, -0.25) is 10.1 Å². The van der Waals surface area contributed by atoms with Crippen molar-refractivity contribution >= 4 is 11.9 Å². The lowest BCUT2D eigenvalue weighted by Gasteiger charge is -2.11. The van der Waals surface area contributed by atoms with Crippen LogP contribution in [0.3, 0.4) is 0 Å². The quantitative estimate of drug-likeness (QED) is 0.630. The number of hydrogen-bond acceptors (Lipinski definition) is 3. The van der Waals surface area contributed by atoms with Crippen molar-refractivity contribution < 1.29 is 14.7 Å². The Morgan fingerprint density at radius 1 is 1.21 bits per heavy atom. The smallest absolute Gasteiger partial charge is 0.330 e. The number of carbonyl (C=O) groups excluding carboxylic acids is 1. The van der Waals surface area contributed by atoms with Gasteiger partial charge in [-0.25, -0.2) is 4.79 Å². The molecule has 0 bridgehead atoms. The molecule has 0 spiro atoms. The number of rotatable bonds is 7. The first-order chi connectivity index (χ1) is 9.08. The Labute approximate surface area is 113 Å². The highest BCUT2D eigenvalue weighted by Gasteiger charge is 2.23. The molecular weight excluding hydrogens is 244 g/mol. The zero-order valence-corrected chi connectivity index (χ0v) is 11.3. The van der Waals surface area contributed by atoms with Crippen molar-refractivity contribution in [2.45, 2.75) is 25.8 Å². The molecule has 3 N–H and O–H groups in total. The Balaban J connectivity index is 2.40. The van der Waals surface area contributed by atoms with Crippen LogP contribution in [-0.4, -0.2) is 36.6 Å². The van der Waals surface area contributed by atoms with Crippen molar-refractivity contribution in [2.24, 2.45) is 0 Å². The fraction of sp³-hybridized carbons (Fsp3) is 0.429. The van der Waals surface area contributed by atoms with Crippen LogP contribution < -0.4 is 10.6 Å². The summed E-state index contributed by atoms with van der Waals surface area (Å²) in [6.45, 7) is 2.52. The monoisotopic (exact) mass is 264 g/mol. The molecule has 0 aliphatic rings. The van der Waals surface area contributed by atoms with Crippen LogP contribution in [0.15, 0.2) is 24.3 Å². The highest BCUT2D eigenvalue weighted by atomic mass is 16.4. The van der Waals surface area contributed by atoms with Crippen LogP contribution in [0, 0.1) is 0 Å². The van der Waals surface area contributed by atoms with Crippen molar-refractivity contribution in [3.8, 4) is 0 Å². The number of nitrogens with one attached hydrogen (secondary N) is 2. The molecule has 0 fully saturated rings. The molecule has 0 saturated heterocycles. The third-order valence-electron chi connectivity index (χ3n) is 2.94. The van der Waals surface area contributed by atoms with Crippen molar-refractivity contribution in [3.63, 3.8) is 0 Å². The molecule has 0 aromatic heterocycles. The van der Waals surface area contributed by atoms with Crippen LogP contribution in [0.2, 0.25) is 0 Å². The minimum Gasteiger partial charge on any atom is -0.480 e. The van der Waals surface area contributed by atoms with Crippen molar-refractivity contribution in [1.82, 2.24) is 10.6 Å². The number of aliphatic carboxylic acids is 1. The maximum atomic E-state index is 11.6. The second-order valence-corrected chi connectivity index (χ2v) is 4.27. The average Bonchev–Trinajstić information content (AvgIpc) is 2.40. The number of aryl methyl sites for hydroxylation is 1. The van der Waals surface area contributed by atoms with E-state index in [1.807, 2.05) is 12.1 Å². The Hall–Kier alpha value is -1.88. The molecule has 1 aromatic carbocycles. The minimum absolute atomic E-state index is 0.426. The summed E-state index contributed by atoms with van der Waals surface area (Å²) in [5.41, 5.74) is 2.39. The Morgan fingerprint density at radius 3 is 2.26 bits per heavy atom. The van der Waals surface area contributed by atoms with E-state index in [0.717, 1.165) is 12.0 Å². The van der Waals surface area contributed by atoms with E-state index in [1.54, 1.807) is 0 Å². The van der Waals surface area contributed by atoms with E-state index in [9.17, 15) is 9.59 Å². The zero-order chi connectivity index (χ0) is 14.3. The largest absolute Gasteiger partial charge is 0.480 e. The average molecular weight is 264 g/mol. The molecule has 1 aromatic rings. The molecule has 1 unspecified atom stereocenters. The number of likely N-dealkylation sites (N-methyl/N-ethyl adjacent to an activating group) is 1. The summed E-state index contributed by atoms with van der Waals surface area (Å²) < 4.78 is 0. The van der Waals surface area contributed by atoms with Gasteiger partial charge < -0.3 is 10.4 Å². The Morgan fingerprint density at radius 2 is 1.79 bits per heavy atom. The maximum absolute atomic E-state index is 11.6. The van der Waals surface area contributed by atoms with Gasteiger partial charge in [0.15, 0.2) is 6.04 Å². The van der Waals surface area contributed by atoms with Crippen molar-refractivity contribution in [3.05, 3.63) is 35.4 Å². The first-order valence-corrected chi connectivity index (χ1v) is 6.34. The van der Waals surface area contributed by atoms with Gasteiger partial charge in [-0.2, -0.15) is 0 Å². The molecule has 0 aliphatic carbocycles. The molecule has 1 atom stereocenters. The van der Waals surface area contributed by atoms with Crippen molar-refractivity contribution in [2.75, 3.05) is 13.6 Å². The van der Waals surface area contributed by atoms with Crippen LogP contribution in [0.4, 0.5) is 0 Å². The van der Waals surface area contributed by atoms with E-state index in [2.05, 4.69) is 29.7 Å². The molecular formula is C14H20N2O3.